The average Bonchev–Trinajstić information content (AvgIpc) is 3.08. The number of thiophene rings is 1. The molecule has 2 heterocycles. The van der Waals surface area contributed by atoms with Gasteiger partial charge in [-0.3, -0.25) is 14.3 Å². The Balaban J connectivity index is 2.19. The van der Waals surface area contributed by atoms with Gasteiger partial charge in [0, 0.05) is 24.9 Å². The first-order chi connectivity index (χ1) is 12.2. The summed E-state index contributed by atoms with van der Waals surface area (Å²) < 4.78 is 6.93. The molecule has 0 unspecified atom stereocenters. The van der Waals surface area contributed by atoms with E-state index in [1.54, 1.807) is 31.6 Å². The number of hydrogen-bond acceptors (Lipinski definition) is 6. The minimum atomic E-state index is -0.654. The van der Waals surface area contributed by atoms with Gasteiger partial charge in [0.15, 0.2) is 0 Å². The number of primary amides is 1. The molecular formula is C17H22N4O4S. The molecule has 0 fully saturated rings. The molecule has 0 aliphatic carbocycles. The monoisotopic (exact) mass is 378 g/mol. The van der Waals surface area contributed by atoms with Gasteiger partial charge in [0.25, 0.3) is 5.91 Å². The SMILES string of the molecule is Cc1c(C(N)=O)sc(NC(=O)CCn2nccc2C)c1C(=O)OC(C)C. The van der Waals surface area contributed by atoms with Crippen molar-refractivity contribution in [3.8, 4) is 0 Å². The number of ether oxygens (including phenoxy) is 1. The summed E-state index contributed by atoms with van der Waals surface area (Å²) in [5, 5.41) is 7.08. The highest BCUT2D eigenvalue weighted by atomic mass is 32.1. The number of amides is 2. The molecule has 0 aliphatic heterocycles. The Morgan fingerprint density at radius 2 is 2.04 bits per heavy atom. The summed E-state index contributed by atoms with van der Waals surface area (Å²) in [7, 11) is 0. The molecule has 2 rings (SSSR count). The van der Waals surface area contributed by atoms with Crippen LogP contribution in [0.15, 0.2) is 12.3 Å². The van der Waals surface area contributed by atoms with Crippen molar-refractivity contribution in [1.29, 1.82) is 0 Å². The molecule has 0 aromatic carbocycles. The molecule has 26 heavy (non-hydrogen) atoms. The van der Waals surface area contributed by atoms with Crippen LogP contribution in [0.4, 0.5) is 5.00 Å². The Morgan fingerprint density at radius 3 is 2.58 bits per heavy atom. The quantitative estimate of drug-likeness (QED) is 0.717. The zero-order valence-electron chi connectivity index (χ0n) is 15.2. The van der Waals surface area contributed by atoms with Crippen LogP contribution < -0.4 is 11.1 Å². The molecule has 2 aromatic rings. The van der Waals surface area contributed by atoms with Gasteiger partial charge in [-0.25, -0.2) is 4.79 Å². The molecule has 8 nitrogen and oxygen atoms in total. The van der Waals surface area contributed by atoms with E-state index in [-0.39, 0.29) is 33.9 Å². The molecule has 9 heteroatoms. The van der Waals surface area contributed by atoms with Crippen molar-refractivity contribution in [1.82, 2.24) is 9.78 Å². The van der Waals surface area contributed by atoms with Gasteiger partial charge in [0.05, 0.1) is 16.5 Å². The second kappa shape index (κ2) is 8.13. The van der Waals surface area contributed by atoms with E-state index in [9.17, 15) is 14.4 Å². The summed E-state index contributed by atoms with van der Waals surface area (Å²) in [6.45, 7) is 7.35. The maximum atomic E-state index is 12.4. The molecule has 3 N–H and O–H groups in total. The summed E-state index contributed by atoms with van der Waals surface area (Å²) >= 11 is 0.975. The van der Waals surface area contributed by atoms with Gasteiger partial charge in [0.2, 0.25) is 5.91 Å². The average molecular weight is 378 g/mol. The molecule has 0 spiro atoms. The van der Waals surface area contributed by atoms with E-state index in [0.717, 1.165) is 17.0 Å². The lowest BCUT2D eigenvalue weighted by Gasteiger charge is -2.10. The highest BCUT2D eigenvalue weighted by Crippen LogP contribution is 2.33. The summed E-state index contributed by atoms with van der Waals surface area (Å²) in [6.07, 6.45) is 1.50. The van der Waals surface area contributed by atoms with Crippen LogP contribution in [0.5, 0.6) is 0 Å². The molecule has 0 saturated carbocycles. The van der Waals surface area contributed by atoms with Crippen LogP contribution in [0.25, 0.3) is 0 Å². The summed E-state index contributed by atoms with van der Waals surface area (Å²) in [6, 6.07) is 1.85. The lowest BCUT2D eigenvalue weighted by atomic mass is 10.1. The van der Waals surface area contributed by atoms with E-state index in [4.69, 9.17) is 10.5 Å². The van der Waals surface area contributed by atoms with Crippen LogP contribution in [0, 0.1) is 13.8 Å². The fraction of sp³-hybridized carbons (Fsp3) is 0.412. The fourth-order valence-electron chi connectivity index (χ4n) is 2.38. The molecule has 0 aliphatic rings. The lowest BCUT2D eigenvalue weighted by Crippen LogP contribution is -2.18. The van der Waals surface area contributed by atoms with E-state index in [0.29, 0.717) is 12.1 Å². The van der Waals surface area contributed by atoms with Gasteiger partial charge in [-0.2, -0.15) is 5.10 Å². The van der Waals surface area contributed by atoms with Crippen molar-refractivity contribution < 1.29 is 19.1 Å². The largest absolute Gasteiger partial charge is 0.459 e. The highest BCUT2D eigenvalue weighted by molar-refractivity contribution is 7.18. The smallest absolute Gasteiger partial charge is 0.341 e. The molecule has 0 radical (unpaired) electrons. The number of nitrogens with zero attached hydrogens (tertiary/aromatic N) is 2. The van der Waals surface area contributed by atoms with Crippen molar-refractivity contribution >= 4 is 34.1 Å². The topological polar surface area (TPSA) is 116 Å². The maximum absolute atomic E-state index is 12.4. The highest BCUT2D eigenvalue weighted by Gasteiger charge is 2.26. The first-order valence-electron chi connectivity index (χ1n) is 8.13. The minimum Gasteiger partial charge on any atom is -0.459 e. The normalized spacial score (nSPS) is 10.8. The second-order valence-corrected chi connectivity index (χ2v) is 7.09. The molecule has 2 amide bonds. The number of carbonyl (C=O) groups excluding carboxylic acids is 3. The van der Waals surface area contributed by atoms with E-state index in [1.165, 1.54) is 0 Å². The number of rotatable bonds is 7. The Labute approximate surface area is 155 Å². The van der Waals surface area contributed by atoms with Crippen molar-refractivity contribution in [3.05, 3.63) is 34.0 Å². The number of aromatic nitrogens is 2. The van der Waals surface area contributed by atoms with Crippen LogP contribution in [0.2, 0.25) is 0 Å². The maximum Gasteiger partial charge on any atom is 0.341 e. The van der Waals surface area contributed by atoms with Crippen molar-refractivity contribution in [3.63, 3.8) is 0 Å². The van der Waals surface area contributed by atoms with Crippen LogP contribution in [0.3, 0.4) is 0 Å². The van der Waals surface area contributed by atoms with Crippen molar-refractivity contribution in [2.45, 2.75) is 46.8 Å². The number of nitrogens with two attached hydrogens (primary N) is 1. The van der Waals surface area contributed by atoms with E-state index < -0.39 is 11.9 Å². The predicted molar refractivity (Wildman–Crippen MR) is 98.3 cm³/mol. The van der Waals surface area contributed by atoms with Gasteiger partial charge in [0.1, 0.15) is 5.00 Å². The van der Waals surface area contributed by atoms with Gasteiger partial charge < -0.3 is 15.8 Å². The van der Waals surface area contributed by atoms with E-state index in [1.807, 2.05) is 13.0 Å². The molecule has 2 aromatic heterocycles. The molecule has 140 valence electrons. The number of carbonyl (C=O) groups is 3. The number of anilines is 1. The summed E-state index contributed by atoms with van der Waals surface area (Å²) in [4.78, 5) is 36.5. The Bertz CT molecular complexity index is 838. The summed E-state index contributed by atoms with van der Waals surface area (Å²) in [5.41, 5.74) is 6.89. The van der Waals surface area contributed by atoms with Crippen LogP contribution >= 0.6 is 11.3 Å². The number of aryl methyl sites for hydroxylation is 2. The standard InChI is InChI=1S/C17H22N4O4S/c1-9(2)25-17(24)13-11(4)14(15(18)23)26-16(13)20-12(22)6-8-21-10(3)5-7-19-21/h5,7,9H,6,8H2,1-4H3,(H2,18,23)(H,20,22). The minimum absolute atomic E-state index is 0.168. The number of esters is 1. The Morgan fingerprint density at radius 1 is 1.35 bits per heavy atom. The molecule has 0 bridgehead atoms. The van der Waals surface area contributed by atoms with Gasteiger partial charge in [-0.1, -0.05) is 0 Å². The zero-order chi connectivity index (χ0) is 19.4. The Kier molecular flexibility index (Phi) is 6.14. The van der Waals surface area contributed by atoms with Gasteiger partial charge in [-0.05, 0) is 39.3 Å². The second-order valence-electron chi connectivity index (χ2n) is 6.07. The third kappa shape index (κ3) is 4.48. The van der Waals surface area contributed by atoms with Gasteiger partial charge >= 0.3 is 5.97 Å². The first kappa shape index (κ1) is 19.6. The third-order valence-corrected chi connectivity index (χ3v) is 4.87. The predicted octanol–water partition coefficient (Wildman–Crippen LogP) is 2.25. The van der Waals surface area contributed by atoms with Crippen molar-refractivity contribution in [2.24, 2.45) is 5.73 Å². The summed E-state index contributed by atoms with van der Waals surface area (Å²) in [5.74, 6) is -1.55. The van der Waals surface area contributed by atoms with E-state index >= 15 is 0 Å². The van der Waals surface area contributed by atoms with Gasteiger partial charge in [-0.15, -0.1) is 11.3 Å². The molecule has 0 saturated heterocycles. The third-order valence-electron chi connectivity index (χ3n) is 3.65. The first-order valence-corrected chi connectivity index (χ1v) is 8.94. The number of nitrogens with one attached hydrogen (secondary N) is 1. The van der Waals surface area contributed by atoms with Crippen molar-refractivity contribution in [2.75, 3.05) is 5.32 Å². The van der Waals surface area contributed by atoms with E-state index in [2.05, 4.69) is 10.4 Å². The van der Waals surface area contributed by atoms with Crippen LogP contribution in [0.1, 0.15) is 51.6 Å². The molecule has 0 atom stereocenters. The molecular weight excluding hydrogens is 356 g/mol. The van der Waals surface area contributed by atoms with Crippen LogP contribution in [-0.2, 0) is 16.1 Å². The Hall–Kier alpha value is -2.68. The van der Waals surface area contributed by atoms with Crippen LogP contribution in [-0.4, -0.2) is 33.7 Å². The lowest BCUT2D eigenvalue weighted by molar-refractivity contribution is -0.116. The number of hydrogen-bond donors (Lipinski definition) is 2. The zero-order valence-corrected chi connectivity index (χ0v) is 16.0. The fourth-order valence-corrected chi connectivity index (χ4v) is 3.45.